The summed E-state index contributed by atoms with van der Waals surface area (Å²) in [6.07, 6.45) is -8.51. The Bertz CT molecular complexity index is 1010. The molecule has 0 bridgehead atoms. The molecule has 2 aliphatic rings. The van der Waals surface area contributed by atoms with Crippen molar-refractivity contribution in [1.82, 2.24) is 9.88 Å². The molecule has 12 heteroatoms. The number of carbonyl (C=O) groups excluding carboxylic acids is 1. The van der Waals surface area contributed by atoms with E-state index in [9.17, 15) is 31.1 Å². The van der Waals surface area contributed by atoms with Crippen LogP contribution in [0.1, 0.15) is 28.0 Å². The van der Waals surface area contributed by atoms with Crippen molar-refractivity contribution in [2.45, 2.75) is 30.5 Å². The highest BCUT2D eigenvalue weighted by Crippen LogP contribution is 2.42. The molecule has 178 valence electrons. The van der Waals surface area contributed by atoms with Crippen LogP contribution in [0.2, 0.25) is 0 Å². The monoisotopic (exact) mass is 476 g/mol. The number of hydrogen-bond donors (Lipinski definition) is 0. The van der Waals surface area contributed by atoms with Gasteiger partial charge >= 0.3 is 12.4 Å². The van der Waals surface area contributed by atoms with Gasteiger partial charge in [0.05, 0.1) is 17.8 Å². The number of nitrogens with zero attached hydrogens (tertiary/aromatic N) is 2. The minimum absolute atomic E-state index is 0.0211. The van der Waals surface area contributed by atoms with Crippen molar-refractivity contribution >= 4 is 5.91 Å². The Morgan fingerprint density at radius 1 is 1.18 bits per heavy atom. The molecule has 1 aromatic heterocycles. The molecule has 0 aliphatic carbocycles. The fourth-order valence-corrected chi connectivity index (χ4v) is 3.99. The smallest absolute Gasteiger partial charge is 0.422 e. The first-order valence-corrected chi connectivity index (χ1v) is 9.87. The summed E-state index contributed by atoms with van der Waals surface area (Å²) >= 11 is 0. The summed E-state index contributed by atoms with van der Waals surface area (Å²) in [5.74, 6) is -1.72. The minimum atomic E-state index is -5.02. The Labute approximate surface area is 184 Å². The van der Waals surface area contributed by atoms with Crippen LogP contribution in [0.4, 0.5) is 26.3 Å². The zero-order valence-electron chi connectivity index (χ0n) is 16.9. The quantitative estimate of drug-likeness (QED) is 0.621. The van der Waals surface area contributed by atoms with E-state index in [-0.39, 0.29) is 25.4 Å². The number of aromatic nitrogens is 1. The fourth-order valence-electron chi connectivity index (χ4n) is 3.99. The molecular weight excluding hydrogens is 458 g/mol. The van der Waals surface area contributed by atoms with Crippen LogP contribution in [0, 0.1) is 0 Å². The zero-order valence-corrected chi connectivity index (χ0v) is 16.9. The molecule has 1 aromatic carbocycles. The Morgan fingerprint density at radius 2 is 1.97 bits per heavy atom. The predicted molar refractivity (Wildman–Crippen MR) is 100 cm³/mol. The topological polar surface area (TPSA) is 60.9 Å². The lowest BCUT2D eigenvalue weighted by Crippen LogP contribution is -2.53. The highest BCUT2D eigenvalue weighted by molar-refractivity contribution is 5.94. The second kappa shape index (κ2) is 8.49. The number of benzene rings is 1. The first kappa shape index (κ1) is 23.3. The lowest BCUT2D eigenvalue weighted by atomic mass is 9.85. The number of amides is 1. The molecule has 2 aliphatic heterocycles. The second-order valence-corrected chi connectivity index (χ2v) is 7.64. The number of alkyl halides is 6. The number of pyridine rings is 1. The van der Waals surface area contributed by atoms with Gasteiger partial charge in [-0.05, 0) is 30.3 Å². The van der Waals surface area contributed by atoms with Gasteiger partial charge in [-0.2, -0.15) is 26.3 Å². The van der Waals surface area contributed by atoms with E-state index in [1.807, 2.05) is 0 Å². The van der Waals surface area contributed by atoms with Gasteiger partial charge in [-0.3, -0.25) is 9.78 Å². The van der Waals surface area contributed by atoms with Gasteiger partial charge in [0.1, 0.15) is 24.2 Å². The van der Waals surface area contributed by atoms with Crippen LogP contribution in [0.5, 0.6) is 5.75 Å². The average molecular weight is 476 g/mol. The molecule has 2 saturated heterocycles. The average Bonchev–Trinajstić information content (AvgIpc) is 3.21. The maximum absolute atomic E-state index is 13.4. The van der Waals surface area contributed by atoms with Gasteiger partial charge < -0.3 is 19.1 Å². The Kier molecular flexibility index (Phi) is 5.99. The first-order chi connectivity index (χ1) is 15.5. The van der Waals surface area contributed by atoms with Gasteiger partial charge in [0, 0.05) is 24.7 Å². The normalized spacial score (nSPS) is 23.3. The summed E-state index contributed by atoms with van der Waals surface area (Å²) in [5.41, 5.74) is -2.03. The van der Waals surface area contributed by atoms with Gasteiger partial charge in [0.15, 0.2) is 6.61 Å². The van der Waals surface area contributed by atoms with E-state index in [0.717, 1.165) is 12.1 Å². The van der Waals surface area contributed by atoms with E-state index in [4.69, 9.17) is 9.47 Å². The molecular formula is C21H18F6N2O4. The number of hydrogen-bond acceptors (Lipinski definition) is 5. The number of likely N-dealkylation sites (tertiary alicyclic amines) is 1. The maximum atomic E-state index is 13.4. The lowest BCUT2D eigenvalue weighted by Gasteiger charge is -2.41. The third-order valence-corrected chi connectivity index (χ3v) is 5.55. The van der Waals surface area contributed by atoms with Crippen molar-refractivity contribution in [2.75, 3.05) is 26.5 Å². The molecule has 6 nitrogen and oxygen atoms in total. The molecule has 2 aromatic rings. The molecule has 4 rings (SSSR count). The van der Waals surface area contributed by atoms with Crippen molar-refractivity contribution in [3.8, 4) is 5.75 Å². The molecule has 1 amide bonds. The van der Waals surface area contributed by atoms with Crippen LogP contribution in [-0.4, -0.2) is 54.6 Å². The summed E-state index contributed by atoms with van der Waals surface area (Å²) in [6, 6.07) is 7.53. The number of halogens is 6. The predicted octanol–water partition coefficient (Wildman–Crippen LogP) is 4.16. The number of rotatable bonds is 4. The van der Waals surface area contributed by atoms with Crippen molar-refractivity contribution in [1.29, 1.82) is 0 Å². The summed E-state index contributed by atoms with van der Waals surface area (Å²) in [6.45, 7) is -1.71. The summed E-state index contributed by atoms with van der Waals surface area (Å²) in [5, 5.41) is 0. The molecule has 3 heterocycles. The van der Waals surface area contributed by atoms with Crippen molar-refractivity contribution < 1.29 is 45.3 Å². The van der Waals surface area contributed by atoms with E-state index in [1.165, 1.54) is 4.90 Å². The van der Waals surface area contributed by atoms with Gasteiger partial charge in [0.25, 0.3) is 5.91 Å². The van der Waals surface area contributed by atoms with E-state index in [1.54, 1.807) is 24.4 Å². The molecule has 33 heavy (non-hydrogen) atoms. The highest BCUT2D eigenvalue weighted by Gasteiger charge is 2.52. The SMILES string of the molecule is O=C(c1ccc(OCC(F)(F)F)c(C(F)(F)F)c1)N1CC[C@]2(c3ccccn3)OCOC2C1. The number of fused-ring (bicyclic) bond motifs is 1. The lowest BCUT2D eigenvalue weighted by molar-refractivity contribution is -0.158. The number of piperidine rings is 1. The van der Waals surface area contributed by atoms with Crippen LogP contribution in [0.25, 0.3) is 0 Å². The minimum Gasteiger partial charge on any atom is -0.483 e. The Hall–Kier alpha value is -2.86. The molecule has 1 unspecified atom stereocenters. The first-order valence-electron chi connectivity index (χ1n) is 9.87. The van der Waals surface area contributed by atoms with Gasteiger partial charge in [-0.15, -0.1) is 0 Å². The number of carbonyl (C=O) groups is 1. The maximum Gasteiger partial charge on any atom is 0.422 e. The standard InChI is InChI=1S/C21H18F6N2O4/c22-20(23,24)11-31-15-5-4-13(9-14(15)21(25,26)27)18(30)29-8-6-19(16-3-1-2-7-28-16)17(10-29)32-12-33-19/h1-5,7,9,17H,6,8,10-12H2/t17?,19-/m1/s1. The van der Waals surface area contributed by atoms with Crippen LogP contribution in [0.15, 0.2) is 42.6 Å². The van der Waals surface area contributed by atoms with Crippen LogP contribution in [-0.2, 0) is 21.3 Å². The van der Waals surface area contributed by atoms with Crippen LogP contribution < -0.4 is 4.74 Å². The molecule has 0 radical (unpaired) electrons. The molecule has 2 fully saturated rings. The van der Waals surface area contributed by atoms with Crippen LogP contribution >= 0.6 is 0 Å². The van der Waals surface area contributed by atoms with Gasteiger partial charge in [0.2, 0.25) is 0 Å². The molecule has 0 spiro atoms. The zero-order chi connectivity index (χ0) is 23.9. The molecule has 0 saturated carbocycles. The fraction of sp³-hybridized carbons (Fsp3) is 0.429. The third-order valence-electron chi connectivity index (χ3n) is 5.55. The van der Waals surface area contributed by atoms with Crippen molar-refractivity contribution in [3.05, 3.63) is 59.4 Å². The number of ether oxygens (including phenoxy) is 3. The second-order valence-electron chi connectivity index (χ2n) is 7.64. The largest absolute Gasteiger partial charge is 0.483 e. The van der Waals surface area contributed by atoms with E-state index in [0.29, 0.717) is 18.2 Å². The van der Waals surface area contributed by atoms with Crippen molar-refractivity contribution in [2.24, 2.45) is 0 Å². The van der Waals surface area contributed by atoms with Crippen molar-refractivity contribution in [3.63, 3.8) is 0 Å². The van der Waals surface area contributed by atoms with E-state index >= 15 is 0 Å². The summed E-state index contributed by atoms with van der Waals surface area (Å²) in [4.78, 5) is 18.6. The third kappa shape index (κ3) is 4.76. The van der Waals surface area contributed by atoms with E-state index in [2.05, 4.69) is 9.72 Å². The summed E-state index contributed by atoms with van der Waals surface area (Å²) in [7, 11) is 0. The van der Waals surface area contributed by atoms with E-state index < -0.39 is 47.9 Å². The Balaban J connectivity index is 1.55. The summed E-state index contributed by atoms with van der Waals surface area (Å²) < 4.78 is 93.2. The highest BCUT2D eigenvalue weighted by atomic mass is 19.4. The molecule has 2 atom stereocenters. The molecule has 0 N–H and O–H groups in total. The van der Waals surface area contributed by atoms with Gasteiger partial charge in [-0.1, -0.05) is 6.07 Å². The van der Waals surface area contributed by atoms with Gasteiger partial charge in [-0.25, -0.2) is 0 Å². The Morgan fingerprint density at radius 3 is 2.64 bits per heavy atom. The van der Waals surface area contributed by atoms with Crippen LogP contribution in [0.3, 0.4) is 0 Å².